The highest BCUT2D eigenvalue weighted by atomic mass is 32.2. The van der Waals surface area contributed by atoms with Gasteiger partial charge in [-0.3, -0.25) is 0 Å². The molecule has 0 heterocycles. The molecule has 0 atom stereocenters. The van der Waals surface area contributed by atoms with Gasteiger partial charge in [-0.05, 0) is 54.2 Å². The molecule has 0 spiro atoms. The Hall–Kier alpha value is -3.51. The summed E-state index contributed by atoms with van der Waals surface area (Å²) in [4.78, 5) is 12.2. The van der Waals surface area contributed by atoms with E-state index in [0.717, 1.165) is 55.5 Å². The molecular weight excluding hydrogens is 529 g/mol. The molecule has 1 fully saturated rings. The van der Waals surface area contributed by atoms with Gasteiger partial charge in [-0.2, -0.15) is 13.2 Å². The minimum atomic E-state index is -4.77. The minimum Gasteiger partial charge on any atom is -0.307 e. The smallest absolute Gasteiger partial charge is 0.307 e. The van der Waals surface area contributed by atoms with Gasteiger partial charge < -0.3 is 10.6 Å². The SMILES string of the molecule is O=C(Nc1ccc(F)cc1F)Nc1cc(S(=O)(=O)NCC(F)(F)F)ccc1-c1cccc(C2CCCC2)c1. The van der Waals surface area contributed by atoms with Crippen molar-refractivity contribution in [2.75, 3.05) is 17.2 Å². The van der Waals surface area contributed by atoms with Crippen molar-refractivity contribution in [1.29, 1.82) is 0 Å². The van der Waals surface area contributed by atoms with Gasteiger partial charge >= 0.3 is 12.2 Å². The standard InChI is InChI=1S/C26H24F5N3O3S/c27-19-8-11-23(22(28)13-19)33-25(35)34-24-14-20(38(36,37)32-15-26(29,30)31)9-10-21(24)18-7-3-6-17(12-18)16-4-1-2-5-16/h3,6-14,16,32H,1-2,4-5,15H2,(H2,33,34,35). The average Bonchev–Trinajstić information content (AvgIpc) is 3.39. The molecule has 0 radical (unpaired) electrons. The molecule has 4 rings (SSSR count). The quantitative estimate of drug-likeness (QED) is 0.282. The van der Waals surface area contributed by atoms with Gasteiger partial charge in [0, 0.05) is 11.6 Å². The lowest BCUT2D eigenvalue weighted by atomic mass is 9.93. The number of amides is 2. The van der Waals surface area contributed by atoms with Crippen LogP contribution in [0, 0.1) is 11.6 Å². The number of carbonyl (C=O) groups is 1. The number of nitrogens with one attached hydrogen (secondary N) is 3. The molecule has 202 valence electrons. The second kappa shape index (κ2) is 11.1. The number of hydrogen-bond acceptors (Lipinski definition) is 3. The van der Waals surface area contributed by atoms with E-state index in [4.69, 9.17) is 0 Å². The molecule has 38 heavy (non-hydrogen) atoms. The molecule has 0 aliphatic heterocycles. The van der Waals surface area contributed by atoms with E-state index in [2.05, 4.69) is 10.6 Å². The maximum absolute atomic E-state index is 14.0. The number of carbonyl (C=O) groups excluding carboxylic acids is 1. The van der Waals surface area contributed by atoms with Crippen molar-refractivity contribution in [3.63, 3.8) is 0 Å². The molecule has 3 aromatic rings. The fourth-order valence-electron chi connectivity index (χ4n) is 4.39. The van der Waals surface area contributed by atoms with Crippen LogP contribution < -0.4 is 15.4 Å². The monoisotopic (exact) mass is 553 g/mol. The van der Waals surface area contributed by atoms with Crippen molar-refractivity contribution in [2.45, 2.75) is 42.7 Å². The van der Waals surface area contributed by atoms with Gasteiger partial charge in [0.15, 0.2) is 0 Å². The predicted octanol–water partition coefficient (Wildman–Crippen LogP) is 6.77. The second-order valence-corrected chi connectivity index (χ2v) is 10.7. The van der Waals surface area contributed by atoms with Gasteiger partial charge in [-0.25, -0.2) is 26.7 Å². The molecule has 6 nitrogen and oxygen atoms in total. The first-order valence-electron chi connectivity index (χ1n) is 11.8. The number of hydrogen-bond donors (Lipinski definition) is 3. The highest BCUT2D eigenvalue weighted by molar-refractivity contribution is 7.89. The third-order valence-corrected chi connectivity index (χ3v) is 7.61. The minimum absolute atomic E-state index is 0.0384. The fraction of sp³-hybridized carbons (Fsp3) is 0.269. The molecule has 12 heteroatoms. The van der Waals surface area contributed by atoms with Crippen molar-refractivity contribution < 1.29 is 35.2 Å². The van der Waals surface area contributed by atoms with Crippen molar-refractivity contribution in [2.24, 2.45) is 0 Å². The zero-order valence-corrected chi connectivity index (χ0v) is 20.7. The molecule has 1 aliphatic rings. The third-order valence-electron chi connectivity index (χ3n) is 6.22. The largest absolute Gasteiger partial charge is 0.402 e. The first kappa shape index (κ1) is 27.5. The zero-order valence-electron chi connectivity index (χ0n) is 19.9. The van der Waals surface area contributed by atoms with Gasteiger partial charge in [-0.1, -0.05) is 43.2 Å². The first-order chi connectivity index (χ1) is 17.9. The first-order valence-corrected chi connectivity index (χ1v) is 13.2. The number of halogens is 5. The predicted molar refractivity (Wildman–Crippen MR) is 133 cm³/mol. The van der Waals surface area contributed by atoms with Crippen LogP contribution in [0.15, 0.2) is 65.6 Å². The van der Waals surface area contributed by atoms with Crippen molar-refractivity contribution >= 4 is 27.4 Å². The Kier molecular flexibility index (Phi) is 8.02. The normalized spacial score (nSPS) is 14.4. The maximum Gasteiger partial charge on any atom is 0.402 e. The summed E-state index contributed by atoms with van der Waals surface area (Å²) in [5.74, 6) is -1.51. The summed E-state index contributed by atoms with van der Waals surface area (Å²) in [6, 6.07) is 12.6. The summed E-state index contributed by atoms with van der Waals surface area (Å²) in [5, 5.41) is 4.67. The Bertz CT molecular complexity index is 1440. The summed E-state index contributed by atoms with van der Waals surface area (Å²) < 4.78 is 91.7. The molecule has 0 unspecified atom stereocenters. The summed E-state index contributed by atoms with van der Waals surface area (Å²) in [5.41, 5.74) is 1.75. The van der Waals surface area contributed by atoms with E-state index < -0.39 is 45.3 Å². The zero-order chi connectivity index (χ0) is 27.5. The van der Waals surface area contributed by atoms with Gasteiger partial charge in [0.1, 0.15) is 18.2 Å². The van der Waals surface area contributed by atoms with Crippen LogP contribution in [0.25, 0.3) is 11.1 Å². The molecule has 0 aromatic heterocycles. The summed E-state index contributed by atoms with van der Waals surface area (Å²) >= 11 is 0. The average molecular weight is 554 g/mol. The maximum atomic E-state index is 14.0. The van der Waals surface area contributed by atoms with Crippen LogP contribution >= 0.6 is 0 Å². The molecule has 3 N–H and O–H groups in total. The Morgan fingerprint density at radius 3 is 2.29 bits per heavy atom. The van der Waals surface area contributed by atoms with Crippen molar-refractivity contribution in [1.82, 2.24) is 4.72 Å². The summed E-state index contributed by atoms with van der Waals surface area (Å²) in [6.45, 7) is -1.77. The van der Waals surface area contributed by atoms with Gasteiger partial charge in [0.05, 0.1) is 16.3 Å². The van der Waals surface area contributed by atoms with Crippen molar-refractivity contribution in [3.8, 4) is 11.1 Å². The molecule has 1 aliphatic carbocycles. The van der Waals surface area contributed by atoms with E-state index >= 15 is 0 Å². The van der Waals surface area contributed by atoms with E-state index in [1.54, 1.807) is 6.07 Å². The van der Waals surface area contributed by atoms with Crippen LogP contribution in [0.5, 0.6) is 0 Å². The highest BCUT2D eigenvalue weighted by Crippen LogP contribution is 2.37. The molecular formula is C26H24F5N3O3S. The second-order valence-electron chi connectivity index (χ2n) is 8.96. The van der Waals surface area contributed by atoms with E-state index in [1.165, 1.54) is 10.8 Å². The van der Waals surface area contributed by atoms with E-state index in [1.807, 2.05) is 18.2 Å². The number of sulfonamides is 1. The van der Waals surface area contributed by atoms with Crippen LogP contribution in [0.4, 0.5) is 38.1 Å². The van der Waals surface area contributed by atoms with Crippen LogP contribution in [0.2, 0.25) is 0 Å². The Labute approximate surface area is 216 Å². The highest BCUT2D eigenvalue weighted by Gasteiger charge is 2.30. The topological polar surface area (TPSA) is 87.3 Å². The number of urea groups is 1. The Balaban J connectivity index is 1.69. The molecule has 0 bridgehead atoms. The lowest BCUT2D eigenvalue weighted by molar-refractivity contribution is -0.121. The number of alkyl halides is 3. The van der Waals surface area contributed by atoms with E-state index in [-0.39, 0.29) is 11.4 Å². The molecule has 3 aromatic carbocycles. The molecule has 2 amide bonds. The van der Waals surface area contributed by atoms with Crippen LogP contribution in [-0.4, -0.2) is 27.2 Å². The molecule has 0 saturated heterocycles. The van der Waals surface area contributed by atoms with Gasteiger partial charge in [-0.15, -0.1) is 0 Å². The van der Waals surface area contributed by atoms with E-state index in [9.17, 15) is 35.2 Å². The summed E-state index contributed by atoms with van der Waals surface area (Å²) in [6.07, 6.45) is -0.489. The lowest BCUT2D eigenvalue weighted by Gasteiger charge is -2.17. The van der Waals surface area contributed by atoms with Gasteiger partial charge in [0.2, 0.25) is 10.0 Å². The van der Waals surface area contributed by atoms with Crippen LogP contribution in [-0.2, 0) is 10.0 Å². The third kappa shape index (κ3) is 6.87. The number of rotatable bonds is 7. The Morgan fingerprint density at radius 1 is 0.895 bits per heavy atom. The van der Waals surface area contributed by atoms with E-state index in [0.29, 0.717) is 23.1 Å². The summed E-state index contributed by atoms with van der Waals surface area (Å²) in [7, 11) is -4.59. The van der Waals surface area contributed by atoms with Crippen LogP contribution in [0.3, 0.4) is 0 Å². The molecule has 1 saturated carbocycles. The number of anilines is 2. The lowest BCUT2D eigenvalue weighted by Crippen LogP contribution is -2.33. The van der Waals surface area contributed by atoms with Crippen LogP contribution in [0.1, 0.15) is 37.2 Å². The van der Waals surface area contributed by atoms with Gasteiger partial charge in [0.25, 0.3) is 0 Å². The Morgan fingerprint density at radius 2 is 1.61 bits per heavy atom. The number of benzene rings is 3. The fourth-order valence-corrected chi connectivity index (χ4v) is 5.43. The van der Waals surface area contributed by atoms with Crippen molar-refractivity contribution in [3.05, 3.63) is 77.9 Å².